The molecule has 1 saturated carbocycles. The van der Waals surface area contributed by atoms with Crippen LogP contribution in [-0.2, 0) is 11.3 Å². The van der Waals surface area contributed by atoms with E-state index in [1.54, 1.807) is 0 Å². The van der Waals surface area contributed by atoms with Crippen molar-refractivity contribution in [2.45, 2.75) is 45.2 Å². The molecule has 106 valence electrons. The molecule has 0 aromatic heterocycles. The van der Waals surface area contributed by atoms with Crippen molar-refractivity contribution < 1.29 is 9.90 Å². The Morgan fingerprint density at radius 2 is 2.30 bits per heavy atom. The third kappa shape index (κ3) is 3.58. The second kappa shape index (κ2) is 6.53. The Hall–Kier alpha value is -1.86. The molecule has 2 atom stereocenters. The Bertz CT molecular complexity index is 534. The second-order valence-electron chi connectivity index (χ2n) is 5.53. The maximum atomic E-state index is 11.0. The van der Waals surface area contributed by atoms with Crippen molar-refractivity contribution >= 4 is 5.97 Å². The van der Waals surface area contributed by atoms with Gasteiger partial charge in [-0.3, -0.25) is 4.79 Å². The smallest absolute Gasteiger partial charge is 0.306 e. The fraction of sp³-hybridized carbons (Fsp3) is 0.500. The van der Waals surface area contributed by atoms with Crippen LogP contribution in [0.25, 0.3) is 0 Å². The van der Waals surface area contributed by atoms with Gasteiger partial charge in [-0.15, -0.1) is 0 Å². The molecular weight excluding hydrogens is 252 g/mol. The molecule has 0 spiro atoms. The molecule has 0 amide bonds. The van der Waals surface area contributed by atoms with Crippen LogP contribution in [0.15, 0.2) is 18.2 Å². The van der Waals surface area contributed by atoms with Crippen LogP contribution >= 0.6 is 0 Å². The lowest BCUT2D eigenvalue weighted by Crippen LogP contribution is -2.36. The summed E-state index contributed by atoms with van der Waals surface area (Å²) < 4.78 is 0. The minimum absolute atomic E-state index is 0.205. The van der Waals surface area contributed by atoms with Gasteiger partial charge >= 0.3 is 5.97 Å². The molecule has 20 heavy (non-hydrogen) atoms. The number of aryl methyl sites for hydroxylation is 1. The standard InChI is InChI=1S/C16H20N2O2/c1-11-7-12(9-17)5-6-14(11)10-18-15-4-2-3-13(8-15)16(19)20/h5-7,13,15,18H,2-4,8,10H2,1H3,(H,19,20). The number of nitrogens with one attached hydrogen (secondary N) is 1. The molecule has 0 saturated heterocycles. The lowest BCUT2D eigenvalue weighted by Gasteiger charge is -2.27. The van der Waals surface area contributed by atoms with E-state index in [1.807, 2.05) is 25.1 Å². The van der Waals surface area contributed by atoms with Crippen LogP contribution in [0, 0.1) is 24.2 Å². The van der Waals surface area contributed by atoms with Gasteiger partial charge in [-0.05, 0) is 49.4 Å². The number of rotatable bonds is 4. The Morgan fingerprint density at radius 3 is 2.95 bits per heavy atom. The number of nitrogens with zero attached hydrogens (tertiary/aromatic N) is 1. The van der Waals surface area contributed by atoms with E-state index < -0.39 is 5.97 Å². The van der Waals surface area contributed by atoms with Crippen LogP contribution < -0.4 is 5.32 Å². The van der Waals surface area contributed by atoms with Crippen molar-refractivity contribution in [1.82, 2.24) is 5.32 Å². The normalized spacial score (nSPS) is 22.2. The van der Waals surface area contributed by atoms with Crippen LogP contribution in [0.1, 0.15) is 42.4 Å². The highest BCUT2D eigenvalue weighted by atomic mass is 16.4. The fourth-order valence-corrected chi connectivity index (χ4v) is 2.82. The molecule has 1 aliphatic carbocycles. The van der Waals surface area contributed by atoms with E-state index in [-0.39, 0.29) is 12.0 Å². The van der Waals surface area contributed by atoms with E-state index >= 15 is 0 Å². The van der Waals surface area contributed by atoms with E-state index in [4.69, 9.17) is 10.4 Å². The summed E-state index contributed by atoms with van der Waals surface area (Å²) in [7, 11) is 0. The maximum absolute atomic E-state index is 11.0. The van der Waals surface area contributed by atoms with Crippen LogP contribution in [0.3, 0.4) is 0 Å². The number of carboxylic acids is 1. The SMILES string of the molecule is Cc1cc(C#N)ccc1CNC1CCCC(C(=O)O)C1. The minimum Gasteiger partial charge on any atom is -0.481 e. The van der Waals surface area contributed by atoms with Gasteiger partial charge in [0.15, 0.2) is 0 Å². The summed E-state index contributed by atoms with van der Waals surface area (Å²) >= 11 is 0. The molecule has 1 aliphatic rings. The molecule has 2 rings (SSSR count). The van der Waals surface area contributed by atoms with Crippen LogP contribution in [0.2, 0.25) is 0 Å². The van der Waals surface area contributed by atoms with E-state index in [1.165, 1.54) is 5.56 Å². The quantitative estimate of drug-likeness (QED) is 0.883. The van der Waals surface area contributed by atoms with E-state index in [0.717, 1.165) is 31.4 Å². The summed E-state index contributed by atoms with van der Waals surface area (Å²) in [6, 6.07) is 8.09. The molecule has 1 aromatic carbocycles. The van der Waals surface area contributed by atoms with E-state index in [0.29, 0.717) is 12.0 Å². The Labute approximate surface area is 119 Å². The van der Waals surface area contributed by atoms with Gasteiger partial charge in [0.05, 0.1) is 17.6 Å². The van der Waals surface area contributed by atoms with Crippen molar-refractivity contribution in [2.75, 3.05) is 0 Å². The first-order chi connectivity index (χ1) is 9.60. The van der Waals surface area contributed by atoms with Gasteiger partial charge in [-0.1, -0.05) is 12.5 Å². The van der Waals surface area contributed by atoms with Gasteiger partial charge in [-0.2, -0.15) is 5.26 Å². The first kappa shape index (κ1) is 14.5. The van der Waals surface area contributed by atoms with Crippen molar-refractivity contribution in [3.05, 3.63) is 34.9 Å². The number of carboxylic acid groups (broad SMARTS) is 1. The zero-order chi connectivity index (χ0) is 14.5. The number of hydrogen-bond acceptors (Lipinski definition) is 3. The summed E-state index contributed by atoms with van der Waals surface area (Å²) in [5.74, 6) is -0.880. The largest absolute Gasteiger partial charge is 0.481 e. The number of carbonyl (C=O) groups is 1. The molecule has 0 heterocycles. The number of aliphatic carboxylic acids is 1. The van der Waals surface area contributed by atoms with Crippen molar-refractivity contribution in [3.8, 4) is 6.07 Å². The number of nitriles is 1. The molecule has 1 aromatic rings. The van der Waals surface area contributed by atoms with Crippen LogP contribution in [-0.4, -0.2) is 17.1 Å². The zero-order valence-electron chi connectivity index (χ0n) is 11.7. The molecule has 0 aliphatic heterocycles. The Morgan fingerprint density at radius 1 is 1.50 bits per heavy atom. The monoisotopic (exact) mass is 272 g/mol. The summed E-state index contributed by atoms with van der Waals surface area (Å²) in [5.41, 5.74) is 2.94. The maximum Gasteiger partial charge on any atom is 0.306 e. The van der Waals surface area contributed by atoms with Crippen molar-refractivity contribution in [2.24, 2.45) is 5.92 Å². The fourth-order valence-electron chi connectivity index (χ4n) is 2.82. The summed E-state index contributed by atoms with van der Waals surface area (Å²) in [5, 5.41) is 21.4. The number of benzene rings is 1. The third-order valence-electron chi connectivity index (χ3n) is 4.08. The third-order valence-corrected chi connectivity index (χ3v) is 4.08. The first-order valence-corrected chi connectivity index (χ1v) is 7.06. The summed E-state index contributed by atoms with van der Waals surface area (Å²) in [6.07, 6.45) is 3.52. The Balaban J connectivity index is 1.92. The van der Waals surface area contributed by atoms with E-state index in [2.05, 4.69) is 11.4 Å². The van der Waals surface area contributed by atoms with Gasteiger partial charge in [0.1, 0.15) is 0 Å². The highest BCUT2D eigenvalue weighted by Crippen LogP contribution is 2.24. The van der Waals surface area contributed by atoms with Crippen LogP contribution in [0.5, 0.6) is 0 Å². The van der Waals surface area contributed by atoms with Crippen molar-refractivity contribution in [1.29, 1.82) is 5.26 Å². The lowest BCUT2D eigenvalue weighted by molar-refractivity contribution is -0.143. The first-order valence-electron chi connectivity index (χ1n) is 7.06. The summed E-state index contributed by atoms with van der Waals surface area (Å²) in [6.45, 7) is 2.73. The summed E-state index contributed by atoms with van der Waals surface area (Å²) in [4.78, 5) is 11.0. The van der Waals surface area contributed by atoms with E-state index in [9.17, 15) is 4.79 Å². The van der Waals surface area contributed by atoms with Gasteiger partial charge in [-0.25, -0.2) is 0 Å². The molecule has 4 heteroatoms. The average molecular weight is 272 g/mol. The second-order valence-corrected chi connectivity index (χ2v) is 5.53. The van der Waals surface area contributed by atoms with Crippen molar-refractivity contribution in [3.63, 3.8) is 0 Å². The molecule has 1 fully saturated rings. The lowest BCUT2D eigenvalue weighted by atomic mass is 9.85. The Kier molecular flexibility index (Phi) is 4.75. The average Bonchev–Trinajstić information content (AvgIpc) is 2.46. The highest BCUT2D eigenvalue weighted by molar-refractivity contribution is 5.70. The molecule has 0 bridgehead atoms. The molecule has 2 unspecified atom stereocenters. The predicted octanol–water partition coefficient (Wildman–Crippen LogP) is 2.60. The molecular formula is C16H20N2O2. The van der Waals surface area contributed by atoms with Gasteiger partial charge in [0.25, 0.3) is 0 Å². The highest BCUT2D eigenvalue weighted by Gasteiger charge is 2.26. The zero-order valence-corrected chi connectivity index (χ0v) is 11.7. The van der Waals surface area contributed by atoms with Crippen LogP contribution in [0.4, 0.5) is 0 Å². The molecule has 2 N–H and O–H groups in total. The minimum atomic E-state index is -0.675. The van der Waals surface area contributed by atoms with Gasteiger partial charge < -0.3 is 10.4 Å². The number of hydrogen-bond donors (Lipinski definition) is 2. The van der Waals surface area contributed by atoms with Gasteiger partial charge in [0.2, 0.25) is 0 Å². The van der Waals surface area contributed by atoms with Gasteiger partial charge in [0, 0.05) is 12.6 Å². The predicted molar refractivity (Wildman–Crippen MR) is 76.1 cm³/mol. The molecule has 4 nitrogen and oxygen atoms in total. The molecule has 0 radical (unpaired) electrons. The topological polar surface area (TPSA) is 73.1 Å².